The maximum atomic E-state index is 11.8. The van der Waals surface area contributed by atoms with E-state index in [0.29, 0.717) is 12.3 Å². The molecule has 1 amide bonds. The fourth-order valence-corrected chi connectivity index (χ4v) is 2.03. The van der Waals surface area contributed by atoms with E-state index in [1.54, 1.807) is 6.08 Å². The summed E-state index contributed by atoms with van der Waals surface area (Å²) in [6, 6.07) is 7.36. The van der Waals surface area contributed by atoms with Crippen molar-refractivity contribution in [3.63, 3.8) is 0 Å². The first kappa shape index (κ1) is 14.1. The van der Waals surface area contributed by atoms with E-state index in [0.717, 1.165) is 22.7 Å². The summed E-state index contributed by atoms with van der Waals surface area (Å²) in [6.45, 7) is 2.49. The smallest absolute Gasteiger partial charge is 0.244 e. The van der Waals surface area contributed by atoms with Crippen LogP contribution in [0.2, 0.25) is 0 Å². The molecule has 2 aromatic rings. The Kier molecular flexibility index (Phi) is 4.00. The van der Waals surface area contributed by atoms with Gasteiger partial charge in [0.2, 0.25) is 12.7 Å². The molecule has 0 aliphatic carbocycles. The highest BCUT2D eigenvalue weighted by Crippen LogP contribution is 2.32. The zero-order valence-electron chi connectivity index (χ0n) is 12.1. The second kappa shape index (κ2) is 6.26. The van der Waals surface area contributed by atoms with Crippen LogP contribution in [0, 0.1) is 6.92 Å². The maximum absolute atomic E-state index is 11.8. The summed E-state index contributed by atoms with van der Waals surface area (Å²) in [4.78, 5) is 19.9. The lowest BCUT2D eigenvalue weighted by Crippen LogP contribution is -2.21. The number of fused-ring (bicyclic) bond motifs is 1. The van der Waals surface area contributed by atoms with Crippen LogP contribution >= 0.6 is 0 Å². The van der Waals surface area contributed by atoms with E-state index in [1.165, 1.54) is 12.4 Å². The van der Waals surface area contributed by atoms with Gasteiger partial charge in [-0.2, -0.15) is 0 Å². The van der Waals surface area contributed by atoms with E-state index in [9.17, 15) is 4.79 Å². The second-order valence-electron chi connectivity index (χ2n) is 4.81. The molecule has 1 N–H and O–H groups in total. The third-order valence-corrected chi connectivity index (χ3v) is 3.13. The summed E-state index contributed by atoms with van der Waals surface area (Å²) >= 11 is 0. The van der Waals surface area contributed by atoms with Crippen LogP contribution in [0.15, 0.2) is 36.7 Å². The lowest BCUT2D eigenvalue weighted by molar-refractivity contribution is -0.116. The number of hydrogen-bond acceptors (Lipinski definition) is 5. The van der Waals surface area contributed by atoms with Gasteiger partial charge in [-0.1, -0.05) is 6.07 Å². The van der Waals surface area contributed by atoms with Gasteiger partial charge >= 0.3 is 0 Å². The Hall–Kier alpha value is -2.89. The minimum absolute atomic E-state index is 0.186. The van der Waals surface area contributed by atoms with Crippen molar-refractivity contribution < 1.29 is 14.3 Å². The number of rotatable bonds is 4. The first-order chi connectivity index (χ1) is 10.7. The van der Waals surface area contributed by atoms with Crippen LogP contribution in [0.1, 0.15) is 17.0 Å². The predicted octanol–water partition coefficient (Wildman–Crippen LogP) is 1.84. The van der Waals surface area contributed by atoms with Crippen molar-refractivity contribution in [3.8, 4) is 11.5 Å². The summed E-state index contributed by atoms with van der Waals surface area (Å²) in [5.41, 5.74) is 2.52. The van der Waals surface area contributed by atoms with Crippen LogP contribution in [0.25, 0.3) is 6.08 Å². The Morgan fingerprint density at radius 2 is 2.14 bits per heavy atom. The monoisotopic (exact) mass is 297 g/mol. The fourth-order valence-electron chi connectivity index (χ4n) is 2.03. The van der Waals surface area contributed by atoms with Crippen molar-refractivity contribution in [3.05, 3.63) is 53.6 Å². The van der Waals surface area contributed by atoms with Crippen molar-refractivity contribution in [1.29, 1.82) is 0 Å². The first-order valence-electron chi connectivity index (χ1n) is 6.84. The standard InChI is InChI=1S/C16H15N3O3/c1-11-6-13(19-9-18-11)8-17-16(20)5-3-12-2-4-14-15(7-12)22-10-21-14/h2-7,9H,8,10H2,1H3,(H,17,20). The topological polar surface area (TPSA) is 73.3 Å². The average Bonchev–Trinajstić information content (AvgIpc) is 2.98. The molecule has 3 rings (SSSR count). The summed E-state index contributed by atoms with van der Waals surface area (Å²) in [5, 5.41) is 2.78. The van der Waals surface area contributed by atoms with Crippen LogP contribution in [-0.4, -0.2) is 22.7 Å². The predicted molar refractivity (Wildman–Crippen MR) is 80.2 cm³/mol. The minimum atomic E-state index is -0.186. The number of nitrogens with one attached hydrogen (secondary N) is 1. The van der Waals surface area contributed by atoms with E-state index in [2.05, 4.69) is 15.3 Å². The molecule has 1 aromatic carbocycles. The number of aromatic nitrogens is 2. The molecule has 1 aliphatic rings. The number of hydrogen-bond donors (Lipinski definition) is 1. The molecule has 1 aromatic heterocycles. The highest BCUT2D eigenvalue weighted by Gasteiger charge is 2.12. The van der Waals surface area contributed by atoms with Gasteiger partial charge in [0.05, 0.1) is 12.2 Å². The van der Waals surface area contributed by atoms with Crippen LogP contribution in [0.3, 0.4) is 0 Å². The Bertz CT molecular complexity index is 728. The molecule has 22 heavy (non-hydrogen) atoms. The van der Waals surface area contributed by atoms with Gasteiger partial charge in [-0.05, 0) is 36.8 Å². The van der Waals surface area contributed by atoms with Crippen molar-refractivity contribution in [1.82, 2.24) is 15.3 Å². The zero-order chi connectivity index (χ0) is 15.4. The SMILES string of the molecule is Cc1cc(CNC(=O)C=Cc2ccc3c(c2)OCO3)ncn1. The summed E-state index contributed by atoms with van der Waals surface area (Å²) < 4.78 is 10.5. The van der Waals surface area contributed by atoms with Crippen molar-refractivity contribution in [2.24, 2.45) is 0 Å². The Morgan fingerprint density at radius 1 is 1.27 bits per heavy atom. The van der Waals surface area contributed by atoms with E-state index in [4.69, 9.17) is 9.47 Å². The van der Waals surface area contributed by atoms with Gasteiger partial charge in [-0.25, -0.2) is 9.97 Å². The molecule has 0 atom stereocenters. The highest BCUT2D eigenvalue weighted by molar-refractivity contribution is 5.91. The molecule has 1 aliphatic heterocycles. The molecule has 6 nitrogen and oxygen atoms in total. The molecule has 0 fully saturated rings. The van der Waals surface area contributed by atoms with Gasteiger partial charge in [-0.15, -0.1) is 0 Å². The normalized spacial score (nSPS) is 12.6. The van der Waals surface area contributed by atoms with Crippen LogP contribution in [0.5, 0.6) is 11.5 Å². The Balaban J connectivity index is 1.57. The maximum Gasteiger partial charge on any atom is 0.244 e. The number of ether oxygens (including phenoxy) is 2. The lowest BCUT2D eigenvalue weighted by atomic mass is 10.2. The van der Waals surface area contributed by atoms with E-state index in [-0.39, 0.29) is 12.7 Å². The molecular weight excluding hydrogens is 282 g/mol. The average molecular weight is 297 g/mol. The van der Waals surface area contributed by atoms with Crippen molar-refractivity contribution in [2.45, 2.75) is 13.5 Å². The third-order valence-electron chi connectivity index (χ3n) is 3.13. The highest BCUT2D eigenvalue weighted by atomic mass is 16.7. The first-order valence-corrected chi connectivity index (χ1v) is 6.84. The van der Waals surface area contributed by atoms with Crippen molar-refractivity contribution >= 4 is 12.0 Å². The molecule has 0 unspecified atom stereocenters. The minimum Gasteiger partial charge on any atom is -0.454 e. The molecule has 0 bridgehead atoms. The summed E-state index contributed by atoms with van der Waals surface area (Å²) in [7, 11) is 0. The van der Waals surface area contributed by atoms with Crippen LogP contribution < -0.4 is 14.8 Å². The van der Waals surface area contributed by atoms with E-state index in [1.807, 2.05) is 31.2 Å². The molecule has 0 saturated carbocycles. The molecule has 0 spiro atoms. The number of carbonyl (C=O) groups is 1. The Morgan fingerprint density at radius 3 is 3.00 bits per heavy atom. The number of amides is 1. The van der Waals surface area contributed by atoms with Gasteiger partial charge in [-0.3, -0.25) is 4.79 Å². The molecule has 6 heteroatoms. The molecule has 112 valence electrons. The number of nitrogens with zero attached hydrogens (tertiary/aromatic N) is 2. The quantitative estimate of drug-likeness (QED) is 0.872. The van der Waals surface area contributed by atoms with Gasteiger partial charge in [0, 0.05) is 11.8 Å². The van der Waals surface area contributed by atoms with Crippen molar-refractivity contribution in [2.75, 3.05) is 6.79 Å². The summed E-state index contributed by atoms with van der Waals surface area (Å²) in [5.74, 6) is 1.23. The van der Waals surface area contributed by atoms with Gasteiger partial charge in [0.25, 0.3) is 0 Å². The fraction of sp³-hybridized carbons (Fsp3) is 0.188. The third kappa shape index (κ3) is 3.41. The largest absolute Gasteiger partial charge is 0.454 e. The van der Waals surface area contributed by atoms with Crippen LogP contribution in [0.4, 0.5) is 0 Å². The van der Waals surface area contributed by atoms with E-state index < -0.39 is 0 Å². The van der Waals surface area contributed by atoms with Crippen LogP contribution in [-0.2, 0) is 11.3 Å². The molecule has 0 saturated heterocycles. The molecular formula is C16H15N3O3. The van der Waals surface area contributed by atoms with E-state index >= 15 is 0 Å². The molecule has 2 heterocycles. The number of benzene rings is 1. The van der Waals surface area contributed by atoms with Gasteiger partial charge in [0.1, 0.15) is 6.33 Å². The molecule has 0 radical (unpaired) electrons. The zero-order valence-corrected chi connectivity index (χ0v) is 12.1. The second-order valence-corrected chi connectivity index (χ2v) is 4.81. The van der Waals surface area contributed by atoms with Gasteiger partial charge in [0.15, 0.2) is 11.5 Å². The number of aryl methyl sites for hydroxylation is 1. The van der Waals surface area contributed by atoms with Gasteiger partial charge < -0.3 is 14.8 Å². The number of carbonyl (C=O) groups excluding carboxylic acids is 1. The Labute approximate surface area is 127 Å². The summed E-state index contributed by atoms with van der Waals surface area (Å²) in [6.07, 6.45) is 4.69. The lowest BCUT2D eigenvalue weighted by Gasteiger charge is -2.02.